The SMILES string of the molecule is O=C1CCC(C(=O)NN=Cc2ccc(Br)cc2)N1. The van der Waals surface area contributed by atoms with Gasteiger partial charge in [-0.1, -0.05) is 28.1 Å². The molecule has 0 aromatic heterocycles. The molecule has 0 saturated carbocycles. The normalized spacial score (nSPS) is 18.9. The summed E-state index contributed by atoms with van der Waals surface area (Å²) in [6.45, 7) is 0. The molecule has 1 heterocycles. The molecule has 2 amide bonds. The Kier molecular flexibility index (Phi) is 4.09. The highest BCUT2D eigenvalue weighted by Crippen LogP contribution is 2.09. The van der Waals surface area contributed by atoms with E-state index in [0.717, 1.165) is 10.0 Å². The molecule has 1 aromatic rings. The van der Waals surface area contributed by atoms with Gasteiger partial charge in [-0.2, -0.15) is 5.10 Å². The van der Waals surface area contributed by atoms with Crippen LogP contribution in [0.4, 0.5) is 0 Å². The van der Waals surface area contributed by atoms with E-state index in [9.17, 15) is 9.59 Å². The van der Waals surface area contributed by atoms with Gasteiger partial charge in [0.2, 0.25) is 5.91 Å². The van der Waals surface area contributed by atoms with Gasteiger partial charge in [0, 0.05) is 10.9 Å². The number of nitrogens with zero attached hydrogens (tertiary/aromatic N) is 1. The van der Waals surface area contributed by atoms with Crippen molar-refractivity contribution in [2.45, 2.75) is 18.9 Å². The molecule has 1 fully saturated rings. The fourth-order valence-corrected chi connectivity index (χ4v) is 1.87. The first kappa shape index (κ1) is 12.8. The van der Waals surface area contributed by atoms with E-state index in [1.165, 1.54) is 0 Å². The lowest BCUT2D eigenvalue weighted by Gasteiger charge is -2.06. The largest absolute Gasteiger partial charge is 0.344 e. The molecule has 6 heteroatoms. The number of amides is 2. The lowest BCUT2D eigenvalue weighted by molar-refractivity contribution is -0.125. The van der Waals surface area contributed by atoms with E-state index < -0.39 is 6.04 Å². The molecule has 5 nitrogen and oxygen atoms in total. The van der Waals surface area contributed by atoms with Crippen LogP contribution < -0.4 is 10.7 Å². The van der Waals surface area contributed by atoms with Crippen LogP contribution in [-0.4, -0.2) is 24.1 Å². The second kappa shape index (κ2) is 5.77. The van der Waals surface area contributed by atoms with Crippen LogP contribution in [0.15, 0.2) is 33.8 Å². The van der Waals surface area contributed by atoms with Crippen LogP contribution >= 0.6 is 15.9 Å². The fraction of sp³-hybridized carbons (Fsp3) is 0.250. The zero-order valence-corrected chi connectivity index (χ0v) is 11.1. The topological polar surface area (TPSA) is 70.6 Å². The highest BCUT2D eigenvalue weighted by atomic mass is 79.9. The molecule has 0 radical (unpaired) electrons. The van der Waals surface area contributed by atoms with Crippen LogP contribution in [0, 0.1) is 0 Å². The second-order valence-corrected chi connectivity index (χ2v) is 4.86. The minimum atomic E-state index is -0.459. The maximum atomic E-state index is 11.6. The van der Waals surface area contributed by atoms with Gasteiger partial charge >= 0.3 is 0 Å². The highest BCUT2D eigenvalue weighted by molar-refractivity contribution is 9.10. The number of nitrogens with one attached hydrogen (secondary N) is 2. The number of hydrogen-bond acceptors (Lipinski definition) is 3. The van der Waals surface area contributed by atoms with Crippen molar-refractivity contribution in [2.75, 3.05) is 0 Å². The van der Waals surface area contributed by atoms with Crippen molar-refractivity contribution in [2.24, 2.45) is 5.10 Å². The standard InChI is InChI=1S/C12H12BrN3O2/c13-9-3-1-8(2-4-9)7-14-16-12(18)10-5-6-11(17)15-10/h1-4,7,10H,5-6H2,(H,15,17)(H,16,18). The van der Waals surface area contributed by atoms with Crippen LogP contribution in [0.5, 0.6) is 0 Å². The van der Waals surface area contributed by atoms with Crippen molar-refractivity contribution in [3.63, 3.8) is 0 Å². The van der Waals surface area contributed by atoms with Crippen molar-refractivity contribution in [1.82, 2.24) is 10.7 Å². The van der Waals surface area contributed by atoms with E-state index >= 15 is 0 Å². The summed E-state index contributed by atoms with van der Waals surface area (Å²) in [6.07, 6.45) is 2.48. The summed E-state index contributed by atoms with van der Waals surface area (Å²) in [6, 6.07) is 7.06. The molecule has 2 N–H and O–H groups in total. The summed E-state index contributed by atoms with van der Waals surface area (Å²) in [5.41, 5.74) is 3.30. The summed E-state index contributed by atoms with van der Waals surface area (Å²) in [5, 5.41) is 6.43. The average Bonchev–Trinajstić information content (AvgIpc) is 2.78. The van der Waals surface area contributed by atoms with Crippen molar-refractivity contribution in [3.8, 4) is 0 Å². The Morgan fingerprint density at radius 3 is 2.78 bits per heavy atom. The third-order valence-electron chi connectivity index (χ3n) is 2.57. The summed E-state index contributed by atoms with van der Waals surface area (Å²) >= 11 is 3.33. The summed E-state index contributed by atoms with van der Waals surface area (Å²) in [4.78, 5) is 22.5. The van der Waals surface area contributed by atoms with Gasteiger partial charge in [0.1, 0.15) is 6.04 Å². The van der Waals surface area contributed by atoms with Crippen LogP contribution in [0.25, 0.3) is 0 Å². The first-order valence-corrected chi connectivity index (χ1v) is 6.32. The molecule has 94 valence electrons. The fourth-order valence-electron chi connectivity index (χ4n) is 1.61. The number of benzene rings is 1. The van der Waals surface area contributed by atoms with Crippen LogP contribution in [0.1, 0.15) is 18.4 Å². The lowest BCUT2D eigenvalue weighted by Crippen LogP contribution is -2.39. The number of carbonyl (C=O) groups is 2. The van der Waals surface area contributed by atoms with E-state index in [-0.39, 0.29) is 11.8 Å². The van der Waals surface area contributed by atoms with Gasteiger partial charge in [-0.15, -0.1) is 0 Å². The van der Waals surface area contributed by atoms with Crippen LogP contribution in [0.2, 0.25) is 0 Å². The van der Waals surface area contributed by atoms with Crippen molar-refractivity contribution >= 4 is 34.0 Å². The van der Waals surface area contributed by atoms with E-state index in [0.29, 0.717) is 12.8 Å². The Labute approximate surface area is 113 Å². The smallest absolute Gasteiger partial charge is 0.262 e. The van der Waals surface area contributed by atoms with Gasteiger partial charge in [-0.3, -0.25) is 9.59 Å². The molecule has 1 aromatic carbocycles. The molecule has 1 aliphatic rings. The quantitative estimate of drug-likeness (QED) is 0.650. The second-order valence-electron chi connectivity index (χ2n) is 3.94. The minimum Gasteiger partial charge on any atom is -0.344 e. The van der Waals surface area contributed by atoms with Crippen molar-refractivity contribution in [1.29, 1.82) is 0 Å². The molecule has 2 rings (SSSR count). The minimum absolute atomic E-state index is 0.0907. The highest BCUT2D eigenvalue weighted by Gasteiger charge is 2.26. The molecule has 1 aliphatic heterocycles. The molecular formula is C12H12BrN3O2. The van der Waals surface area contributed by atoms with Crippen molar-refractivity contribution in [3.05, 3.63) is 34.3 Å². The zero-order valence-electron chi connectivity index (χ0n) is 9.52. The Balaban J connectivity index is 1.85. The third kappa shape index (κ3) is 3.40. The maximum Gasteiger partial charge on any atom is 0.262 e. The molecule has 1 saturated heterocycles. The summed E-state index contributed by atoms with van der Waals surface area (Å²) < 4.78 is 0.984. The zero-order chi connectivity index (χ0) is 13.0. The Morgan fingerprint density at radius 2 is 2.17 bits per heavy atom. The molecule has 18 heavy (non-hydrogen) atoms. The van der Waals surface area contributed by atoms with Gasteiger partial charge in [0.05, 0.1) is 6.21 Å². The number of hydrazone groups is 1. The average molecular weight is 310 g/mol. The molecule has 1 atom stereocenters. The molecule has 0 aliphatic carbocycles. The van der Waals surface area contributed by atoms with E-state index in [1.807, 2.05) is 24.3 Å². The Morgan fingerprint density at radius 1 is 1.44 bits per heavy atom. The van der Waals surface area contributed by atoms with Gasteiger partial charge in [-0.25, -0.2) is 5.43 Å². The number of hydrogen-bond donors (Lipinski definition) is 2. The van der Waals surface area contributed by atoms with Gasteiger partial charge in [0.15, 0.2) is 0 Å². The van der Waals surface area contributed by atoms with E-state index in [1.54, 1.807) is 6.21 Å². The Hall–Kier alpha value is -1.69. The first-order valence-electron chi connectivity index (χ1n) is 5.53. The molecular weight excluding hydrogens is 298 g/mol. The maximum absolute atomic E-state index is 11.6. The van der Waals surface area contributed by atoms with E-state index in [2.05, 4.69) is 31.8 Å². The van der Waals surface area contributed by atoms with Crippen LogP contribution in [0.3, 0.4) is 0 Å². The number of carbonyl (C=O) groups excluding carboxylic acids is 2. The molecule has 0 bridgehead atoms. The third-order valence-corrected chi connectivity index (χ3v) is 3.10. The van der Waals surface area contributed by atoms with Crippen molar-refractivity contribution < 1.29 is 9.59 Å². The predicted octanol–water partition coefficient (Wildman–Crippen LogP) is 1.18. The Bertz CT molecular complexity index is 485. The van der Waals surface area contributed by atoms with Gasteiger partial charge in [0.25, 0.3) is 5.91 Å². The monoisotopic (exact) mass is 309 g/mol. The number of rotatable bonds is 3. The van der Waals surface area contributed by atoms with Crippen LogP contribution in [-0.2, 0) is 9.59 Å². The molecule has 1 unspecified atom stereocenters. The van der Waals surface area contributed by atoms with Gasteiger partial charge in [-0.05, 0) is 24.1 Å². The van der Waals surface area contributed by atoms with E-state index in [4.69, 9.17) is 0 Å². The summed E-state index contributed by atoms with van der Waals surface area (Å²) in [7, 11) is 0. The molecule has 0 spiro atoms. The summed E-state index contributed by atoms with van der Waals surface area (Å²) in [5.74, 6) is -0.374. The first-order chi connectivity index (χ1) is 8.65. The van der Waals surface area contributed by atoms with Gasteiger partial charge < -0.3 is 5.32 Å². The number of halogens is 1. The predicted molar refractivity (Wildman–Crippen MR) is 71.0 cm³/mol. The lowest BCUT2D eigenvalue weighted by atomic mass is 10.2.